The lowest BCUT2D eigenvalue weighted by molar-refractivity contribution is -0.150. The van der Waals surface area contributed by atoms with E-state index in [-0.39, 0.29) is 11.9 Å². The van der Waals surface area contributed by atoms with Gasteiger partial charge in [0.2, 0.25) is 0 Å². The summed E-state index contributed by atoms with van der Waals surface area (Å²) in [6.45, 7) is 7.47. The van der Waals surface area contributed by atoms with E-state index < -0.39 is 12.1 Å². The van der Waals surface area contributed by atoms with E-state index in [1.807, 2.05) is 20.8 Å². The minimum atomic E-state index is -0.877. The third-order valence-corrected chi connectivity index (χ3v) is 3.32. The minimum absolute atomic E-state index is 0.0254. The first-order valence-electron chi connectivity index (χ1n) is 7.97. The van der Waals surface area contributed by atoms with Crippen LogP contribution in [0.15, 0.2) is 18.2 Å². The van der Waals surface area contributed by atoms with Crippen molar-refractivity contribution in [2.24, 2.45) is 0 Å². The van der Waals surface area contributed by atoms with Crippen LogP contribution in [-0.2, 0) is 14.3 Å². The van der Waals surface area contributed by atoms with Crippen molar-refractivity contribution in [3.63, 3.8) is 0 Å². The molecule has 0 saturated carbocycles. The number of hydrogen-bond donors (Lipinski definition) is 1. The number of hydrogen-bond acceptors (Lipinski definition) is 5. The van der Waals surface area contributed by atoms with Crippen LogP contribution in [0.3, 0.4) is 0 Å². The molecular formula is C18H24ClNO5. The number of nitrogens with one attached hydrogen (secondary N) is 1. The molecule has 1 aromatic rings. The lowest BCUT2D eigenvalue weighted by Gasteiger charge is -2.14. The number of carbonyl (C=O) groups excluding carboxylic acids is 2. The van der Waals surface area contributed by atoms with E-state index >= 15 is 0 Å². The van der Waals surface area contributed by atoms with Crippen LogP contribution in [0.4, 0.5) is 0 Å². The van der Waals surface area contributed by atoms with E-state index in [0.717, 1.165) is 0 Å². The van der Waals surface area contributed by atoms with Crippen molar-refractivity contribution in [3.8, 4) is 11.5 Å². The molecule has 1 rings (SSSR count). The summed E-state index contributed by atoms with van der Waals surface area (Å²) >= 11 is 6.15. The minimum Gasteiger partial charge on any atom is -0.491 e. The van der Waals surface area contributed by atoms with Crippen LogP contribution in [0.2, 0.25) is 5.02 Å². The first-order chi connectivity index (χ1) is 11.8. The van der Waals surface area contributed by atoms with Gasteiger partial charge in [0, 0.05) is 12.1 Å². The zero-order valence-corrected chi connectivity index (χ0v) is 15.8. The number of benzene rings is 1. The molecule has 0 radical (unpaired) electrons. The molecule has 1 amide bonds. The Morgan fingerprint density at radius 2 is 1.96 bits per heavy atom. The molecule has 0 fully saturated rings. The fourth-order valence-electron chi connectivity index (χ4n) is 1.98. The fourth-order valence-corrected chi connectivity index (χ4v) is 2.27. The van der Waals surface area contributed by atoms with E-state index in [9.17, 15) is 9.59 Å². The van der Waals surface area contributed by atoms with Crippen molar-refractivity contribution < 1.29 is 23.8 Å². The summed E-state index contributed by atoms with van der Waals surface area (Å²) < 4.78 is 15.7. The number of carbonyl (C=O) groups is 2. The van der Waals surface area contributed by atoms with Gasteiger partial charge in [-0.1, -0.05) is 11.6 Å². The van der Waals surface area contributed by atoms with Crippen LogP contribution < -0.4 is 14.8 Å². The van der Waals surface area contributed by atoms with E-state index in [2.05, 4.69) is 5.32 Å². The quantitative estimate of drug-likeness (QED) is 0.562. The lowest BCUT2D eigenvalue weighted by Crippen LogP contribution is -2.39. The van der Waals surface area contributed by atoms with E-state index in [1.54, 1.807) is 12.1 Å². The number of methoxy groups -OCH3 is 1. The van der Waals surface area contributed by atoms with Gasteiger partial charge in [0.05, 0.1) is 18.7 Å². The van der Waals surface area contributed by atoms with Crippen molar-refractivity contribution in [2.75, 3.05) is 13.7 Å². The van der Waals surface area contributed by atoms with Crippen LogP contribution in [-0.4, -0.2) is 37.7 Å². The largest absolute Gasteiger partial charge is 0.491 e. The molecule has 7 heteroatoms. The van der Waals surface area contributed by atoms with Crippen molar-refractivity contribution in [3.05, 3.63) is 28.8 Å². The van der Waals surface area contributed by atoms with Crippen LogP contribution in [0, 0.1) is 0 Å². The van der Waals surface area contributed by atoms with Crippen molar-refractivity contribution >= 4 is 29.6 Å². The molecule has 0 aliphatic carbocycles. The fraction of sp³-hybridized carbons (Fsp3) is 0.444. The number of rotatable bonds is 8. The molecule has 1 atom stereocenters. The second-order valence-corrected chi connectivity index (χ2v) is 5.95. The van der Waals surface area contributed by atoms with Crippen LogP contribution in [0.1, 0.15) is 33.3 Å². The van der Waals surface area contributed by atoms with Gasteiger partial charge in [-0.15, -0.1) is 0 Å². The second-order valence-electron chi connectivity index (χ2n) is 5.54. The van der Waals surface area contributed by atoms with Gasteiger partial charge in [-0.3, -0.25) is 4.79 Å². The van der Waals surface area contributed by atoms with Crippen molar-refractivity contribution in [1.82, 2.24) is 5.32 Å². The molecule has 0 bridgehead atoms. The smallest absolute Gasteiger partial charge is 0.331 e. The number of ether oxygens (including phenoxy) is 3. The molecule has 6 nitrogen and oxygen atoms in total. The van der Waals surface area contributed by atoms with Gasteiger partial charge in [0.25, 0.3) is 5.91 Å². The molecular weight excluding hydrogens is 346 g/mol. The van der Waals surface area contributed by atoms with Gasteiger partial charge in [0.1, 0.15) is 0 Å². The highest BCUT2D eigenvalue weighted by atomic mass is 35.5. The Morgan fingerprint density at radius 1 is 1.28 bits per heavy atom. The zero-order valence-electron chi connectivity index (χ0n) is 15.1. The van der Waals surface area contributed by atoms with Crippen molar-refractivity contribution in [2.45, 2.75) is 39.8 Å². The maximum absolute atomic E-state index is 11.9. The molecule has 0 unspecified atom stereocenters. The maximum atomic E-state index is 11.9. The number of esters is 1. The van der Waals surface area contributed by atoms with Gasteiger partial charge in [-0.25, -0.2) is 4.79 Å². The van der Waals surface area contributed by atoms with Gasteiger partial charge in [-0.2, -0.15) is 0 Å². The third-order valence-electron chi connectivity index (χ3n) is 3.04. The Balaban J connectivity index is 2.80. The molecule has 25 heavy (non-hydrogen) atoms. The van der Waals surface area contributed by atoms with Gasteiger partial charge in [0.15, 0.2) is 17.6 Å². The Morgan fingerprint density at radius 3 is 2.52 bits per heavy atom. The Bertz CT molecular complexity index is 643. The topological polar surface area (TPSA) is 73.9 Å². The van der Waals surface area contributed by atoms with Crippen molar-refractivity contribution in [1.29, 1.82) is 0 Å². The molecule has 0 heterocycles. The summed E-state index contributed by atoms with van der Waals surface area (Å²) in [5.74, 6) is -0.0587. The standard InChI is InChI=1S/C18H24ClNO5/c1-6-24-15-10-13(9-14(19)17(15)23-5)7-8-16(21)25-12(4)18(22)20-11(2)3/h7-12H,6H2,1-5H3,(H,20,22)/b8-7+/t12-/m1/s1. The molecule has 0 aromatic heterocycles. The van der Waals surface area contributed by atoms with E-state index in [4.69, 9.17) is 25.8 Å². The summed E-state index contributed by atoms with van der Waals surface area (Å²) in [5, 5.41) is 3.04. The van der Waals surface area contributed by atoms with Crippen LogP contribution >= 0.6 is 11.6 Å². The average Bonchev–Trinajstić information content (AvgIpc) is 2.52. The Labute approximate surface area is 153 Å². The monoisotopic (exact) mass is 369 g/mol. The molecule has 138 valence electrons. The summed E-state index contributed by atoms with van der Waals surface area (Å²) in [6, 6.07) is 3.32. The molecule has 0 aliphatic rings. The first-order valence-corrected chi connectivity index (χ1v) is 8.35. The van der Waals surface area contributed by atoms with E-state index in [0.29, 0.717) is 28.7 Å². The molecule has 0 spiro atoms. The third kappa shape index (κ3) is 6.66. The molecule has 1 N–H and O–H groups in total. The highest BCUT2D eigenvalue weighted by Crippen LogP contribution is 2.36. The van der Waals surface area contributed by atoms with E-state index in [1.165, 1.54) is 26.2 Å². The zero-order chi connectivity index (χ0) is 19.0. The van der Waals surface area contributed by atoms with Crippen LogP contribution in [0.5, 0.6) is 11.5 Å². The SMILES string of the molecule is CCOc1cc(/C=C/C(=O)O[C@H](C)C(=O)NC(C)C)cc(Cl)c1OC. The normalized spacial score (nSPS) is 12.1. The summed E-state index contributed by atoms with van der Waals surface area (Å²) in [5.41, 5.74) is 0.644. The lowest BCUT2D eigenvalue weighted by atomic mass is 10.2. The summed E-state index contributed by atoms with van der Waals surface area (Å²) in [7, 11) is 1.50. The predicted molar refractivity (Wildman–Crippen MR) is 97.0 cm³/mol. The predicted octanol–water partition coefficient (Wildman–Crippen LogP) is 3.22. The second kappa shape index (κ2) is 9.93. The number of amides is 1. The highest BCUT2D eigenvalue weighted by Gasteiger charge is 2.17. The maximum Gasteiger partial charge on any atom is 0.331 e. The highest BCUT2D eigenvalue weighted by molar-refractivity contribution is 6.32. The molecule has 0 aliphatic heterocycles. The first kappa shape index (κ1) is 20.8. The summed E-state index contributed by atoms with van der Waals surface area (Å²) in [4.78, 5) is 23.6. The Kier molecular flexibility index (Phi) is 8.28. The van der Waals surface area contributed by atoms with Gasteiger partial charge >= 0.3 is 5.97 Å². The number of halogens is 1. The average molecular weight is 370 g/mol. The summed E-state index contributed by atoms with van der Waals surface area (Å²) in [6.07, 6.45) is 1.88. The molecule has 0 saturated heterocycles. The molecule has 1 aromatic carbocycles. The van der Waals surface area contributed by atoms with Gasteiger partial charge < -0.3 is 19.5 Å². The Hall–Kier alpha value is -2.21. The van der Waals surface area contributed by atoms with Gasteiger partial charge in [-0.05, 0) is 51.5 Å². The van der Waals surface area contributed by atoms with Crippen LogP contribution in [0.25, 0.3) is 6.08 Å².